The van der Waals surface area contributed by atoms with Gasteiger partial charge in [-0.25, -0.2) is 4.39 Å². The van der Waals surface area contributed by atoms with Gasteiger partial charge in [0.25, 0.3) is 0 Å². The molecule has 2 aliphatic rings. The number of fused-ring (bicyclic) bond motifs is 1. The molecular weight excluding hydrogens is 265 g/mol. The molecule has 1 N–H and O–H groups in total. The molecule has 18 heavy (non-hydrogen) atoms. The molecule has 1 aromatic carbocycles. The van der Waals surface area contributed by atoms with Crippen LogP contribution >= 0.6 is 23.5 Å². The lowest BCUT2D eigenvalue weighted by Gasteiger charge is -2.32. The molecule has 2 aliphatic heterocycles. The van der Waals surface area contributed by atoms with Crippen LogP contribution in [0.25, 0.3) is 0 Å². The van der Waals surface area contributed by atoms with Crippen molar-refractivity contribution in [2.45, 2.75) is 36.2 Å². The lowest BCUT2D eigenvalue weighted by molar-refractivity contribution is 0.418. The molecule has 0 spiro atoms. The highest BCUT2D eigenvalue weighted by Gasteiger charge is 2.24. The fraction of sp³-hybridized carbons (Fsp3) is 0.571. The van der Waals surface area contributed by atoms with Crippen LogP contribution in [0, 0.1) is 5.82 Å². The average molecular weight is 283 g/mol. The van der Waals surface area contributed by atoms with Crippen molar-refractivity contribution in [3.8, 4) is 0 Å². The highest BCUT2D eigenvalue weighted by molar-refractivity contribution is 7.99. The van der Waals surface area contributed by atoms with E-state index in [1.54, 1.807) is 12.1 Å². The van der Waals surface area contributed by atoms with Crippen LogP contribution in [0.5, 0.6) is 0 Å². The Hall–Kier alpha value is -0.190. The Bertz CT molecular complexity index is 418. The summed E-state index contributed by atoms with van der Waals surface area (Å²) < 4.78 is 13.4. The van der Waals surface area contributed by atoms with Crippen LogP contribution < -0.4 is 5.32 Å². The molecule has 1 aromatic rings. The van der Waals surface area contributed by atoms with Gasteiger partial charge in [0.05, 0.1) is 0 Å². The summed E-state index contributed by atoms with van der Waals surface area (Å²) in [6.07, 6.45) is 3.68. The number of benzene rings is 1. The summed E-state index contributed by atoms with van der Waals surface area (Å²) in [6.45, 7) is 0. The topological polar surface area (TPSA) is 12.0 Å². The lowest BCUT2D eigenvalue weighted by atomic mass is 10.0. The van der Waals surface area contributed by atoms with Gasteiger partial charge >= 0.3 is 0 Å². The third-order valence-corrected chi connectivity index (χ3v) is 5.95. The van der Waals surface area contributed by atoms with Crippen molar-refractivity contribution in [1.29, 1.82) is 0 Å². The molecule has 3 rings (SSSR count). The highest BCUT2D eigenvalue weighted by Crippen LogP contribution is 2.37. The minimum atomic E-state index is -0.110. The highest BCUT2D eigenvalue weighted by atomic mass is 32.2. The van der Waals surface area contributed by atoms with E-state index < -0.39 is 0 Å². The van der Waals surface area contributed by atoms with Crippen LogP contribution in [0.15, 0.2) is 23.1 Å². The third kappa shape index (κ3) is 2.86. The Kier molecular flexibility index (Phi) is 4.16. The van der Waals surface area contributed by atoms with E-state index in [1.807, 2.05) is 29.6 Å². The minimum Gasteiger partial charge on any atom is -0.306 e. The molecule has 0 saturated carbocycles. The number of nitrogens with one attached hydrogen (secondary N) is 1. The summed E-state index contributed by atoms with van der Waals surface area (Å²) in [7, 11) is 0. The van der Waals surface area contributed by atoms with Crippen LogP contribution in [-0.4, -0.2) is 23.3 Å². The second-order valence-electron chi connectivity index (χ2n) is 4.95. The maximum absolute atomic E-state index is 13.4. The van der Waals surface area contributed by atoms with Crippen LogP contribution in [0.1, 0.15) is 30.9 Å². The number of hydrogen-bond donors (Lipinski definition) is 1. The van der Waals surface area contributed by atoms with E-state index in [-0.39, 0.29) is 5.82 Å². The summed E-state index contributed by atoms with van der Waals surface area (Å²) in [5.74, 6) is 3.52. The van der Waals surface area contributed by atoms with Crippen molar-refractivity contribution < 1.29 is 4.39 Å². The van der Waals surface area contributed by atoms with Crippen LogP contribution in [0.4, 0.5) is 4.39 Å². The molecule has 2 heterocycles. The van der Waals surface area contributed by atoms with Gasteiger partial charge < -0.3 is 5.32 Å². The van der Waals surface area contributed by atoms with Crippen molar-refractivity contribution >= 4 is 23.5 Å². The zero-order valence-electron chi connectivity index (χ0n) is 10.3. The van der Waals surface area contributed by atoms with Crippen molar-refractivity contribution in [3.63, 3.8) is 0 Å². The molecule has 0 bridgehead atoms. The van der Waals surface area contributed by atoms with E-state index in [2.05, 4.69) is 5.32 Å². The van der Waals surface area contributed by atoms with Crippen LogP contribution in [-0.2, 0) is 0 Å². The van der Waals surface area contributed by atoms with Gasteiger partial charge in [-0.05, 0) is 54.5 Å². The minimum absolute atomic E-state index is 0.110. The van der Waals surface area contributed by atoms with Gasteiger partial charge in [0, 0.05) is 22.7 Å². The second-order valence-corrected chi connectivity index (χ2v) is 7.24. The van der Waals surface area contributed by atoms with Crippen LogP contribution in [0.3, 0.4) is 0 Å². The number of thioether (sulfide) groups is 2. The molecule has 98 valence electrons. The van der Waals surface area contributed by atoms with Gasteiger partial charge in [-0.15, -0.1) is 11.8 Å². The monoisotopic (exact) mass is 283 g/mol. The quantitative estimate of drug-likeness (QED) is 0.885. The second kappa shape index (κ2) is 5.85. The van der Waals surface area contributed by atoms with Crippen molar-refractivity contribution in [1.82, 2.24) is 5.32 Å². The number of halogens is 1. The van der Waals surface area contributed by atoms with Crippen LogP contribution in [0.2, 0.25) is 0 Å². The van der Waals surface area contributed by atoms with Gasteiger partial charge in [-0.1, -0.05) is 0 Å². The summed E-state index contributed by atoms with van der Waals surface area (Å²) in [5, 5.41) is 3.74. The van der Waals surface area contributed by atoms with Gasteiger partial charge in [0.2, 0.25) is 0 Å². The molecule has 2 unspecified atom stereocenters. The largest absolute Gasteiger partial charge is 0.306 e. The maximum atomic E-state index is 13.4. The first-order chi connectivity index (χ1) is 8.83. The van der Waals surface area contributed by atoms with Gasteiger partial charge in [-0.3, -0.25) is 0 Å². The molecule has 1 saturated heterocycles. The third-order valence-electron chi connectivity index (χ3n) is 3.61. The first-order valence-corrected chi connectivity index (χ1v) is 8.73. The maximum Gasteiger partial charge on any atom is 0.123 e. The SMILES string of the molecule is Fc1ccc2c(c1)C(NC1CCCSC1)CCS2. The summed E-state index contributed by atoms with van der Waals surface area (Å²) in [4.78, 5) is 1.25. The predicted octanol–water partition coefficient (Wildman–Crippen LogP) is 3.85. The van der Waals surface area contributed by atoms with E-state index in [9.17, 15) is 4.39 Å². The zero-order chi connectivity index (χ0) is 12.4. The van der Waals surface area contributed by atoms with E-state index in [0.29, 0.717) is 12.1 Å². The standard InChI is InChI=1S/C14H18FNS2/c15-10-3-4-14-12(8-10)13(5-7-18-14)16-11-2-1-6-17-9-11/h3-4,8,11,13,16H,1-2,5-7,9H2. The Morgan fingerprint density at radius 2 is 2.17 bits per heavy atom. The molecule has 4 heteroatoms. The lowest BCUT2D eigenvalue weighted by Crippen LogP contribution is -2.37. The summed E-state index contributed by atoms with van der Waals surface area (Å²) >= 11 is 3.89. The molecule has 0 aliphatic carbocycles. The van der Waals surface area contributed by atoms with Gasteiger partial charge in [0.1, 0.15) is 5.82 Å². The number of hydrogen-bond acceptors (Lipinski definition) is 3. The average Bonchev–Trinajstić information content (AvgIpc) is 2.41. The fourth-order valence-corrected chi connectivity index (χ4v) is 4.89. The Labute approximate surface area is 116 Å². The van der Waals surface area contributed by atoms with Crippen molar-refractivity contribution in [2.24, 2.45) is 0 Å². The van der Waals surface area contributed by atoms with E-state index in [1.165, 1.54) is 34.8 Å². The first kappa shape index (κ1) is 12.8. The molecule has 0 aromatic heterocycles. The molecule has 2 atom stereocenters. The zero-order valence-corrected chi connectivity index (χ0v) is 12.0. The molecule has 0 amide bonds. The summed E-state index contributed by atoms with van der Waals surface area (Å²) in [5.41, 5.74) is 1.17. The van der Waals surface area contributed by atoms with Gasteiger partial charge in [0.15, 0.2) is 0 Å². The van der Waals surface area contributed by atoms with Crippen molar-refractivity contribution in [2.75, 3.05) is 17.3 Å². The van der Waals surface area contributed by atoms with E-state index in [0.717, 1.165) is 12.2 Å². The van der Waals surface area contributed by atoms with Crippen molar-refractivity contribution in [3.05, 3.63) is 29.6 Å². The van der Waals surface area contributed by atoms with E-state index >= 15 is 0 Å². The fourth-order valence-electron chi connectivity index (χ4n) is 2.70. The summed E-state index contributed by atoms with van der Waals surface area (Å²) in [6, 6.07) is 6.17. The first-order valence-electron chi connectivity index (χ1n) is 6.59. The van der Waals surface area contributed by atoms with E-state index in [4.69, 9.17) is 0 Å². The normalized spacial score (nSPS) is 27.8. The molecule has 1 nitrogen and oxygen atoms in total. The molecule has 0 radical (unpaired) electrons. The number of rotatable bonds is 2. The molecular formula is C14H18FNS2. The predicted molar refractivity (Wildman–Crippen MR) is 78.0 cm³/mol. The Balaban J connectivity index is 1.75. The van der Waals surface area contributed by atoms with Gasteiger partial charge in [-0.2, -0.15) is 11.8 Å². The molecule has 1 fully saturated rings. The Morgan fingerprint density at radius 1 is 1.22 bits per heavy atom. The smallest absolute Gasteiger partial charge is 0.123 e. The Morgan fingerprint density at radius 3 is 3.00 bits per heavy atom.